The number of hydrogen-bond acceptors (Lipinski definition) is 11. The van der Waals surface area contributed by atoms with Gasteiger partial charge < -0.3 is 50.4 Å². The number of fused-ring (bicyclic) bond motifs is 4. The van der Waals surface area contributed by atoms with Crippen molar-refractivity contribution >= 4 is 63.2 Å². The first-order valence-corrected chi connectivity index (χ1v) is 27.4. The summed E-state index contributed by atoms with van der Waals surface area (Å²) in [5, 5.41) is 22.6. The van der Waals surface area contributed by atoms with Crippen LogP contribution in [0.15, 0.2) is 67.5 Å². The fourth-order valence-corrected chi connectivity index (χ4v) is 10.8. The summed E-state index contributed by atoms with van der Waals surface area (Å²) in [7, 11) is 3.03. The third kappa shape index (κ3) is 13.6. The molecule has 4 heterocycles. The highest BCUT2D eigenvalue weighted by Gasteiger charge is 2.43. The van der Waals surface area contributed by atoms with Gasteiger partial charge in [0.1, 0.15) is 48.9 Å². The molecular weight excluding hydrogens is 981 g/mol. The van der Waals surface area contributed by atoms with Crippen molar-refractivity contribution in [1.29, 1.82) is 0 Å². The number of benzene rings is 2. The smallest absolute Gasteiger partial charge is 0.316 e. The number of piperidine rings is 1. The molecule has 3 fully saturated rings. The van der Waals surface area contributed by atoms with Crippen molar-refractivity contribution in [3.8, 4) is 6.01 Å². The van der Waals surface area contributed by atoms with E-state index in [1.807, 2.05) is 78.1 Å². The lowest BCUT2D eigenvalue weighted by atomic mass is 9.80. The lowest BCUT2D eigenvalue weighted by Gasteiger charge is -2.41. The number of allylic oxidation sites excluding steroid dienone is 1. The summed E-state index contributed by atoms with van der Waals surface area (Å²) in [6.07, 6.45) is 9.61. The molecule has 4 aromatic rings. The fraction of sp³-hybridized carbons (Fsp3) is 0.569. The molecule has 19 heteroatoms. The van der Waals surface area contributed by atoms with Crippen LogP contribution >= 0.6 is 0 Å². The van der Waals surface area contributed by atoms with E-state index in [2.05, 4.69) is 42.4 Å². The van der Waals surface area contributed by atoms with Crippen LogP contribution in [-0.2, 0) is 51.9 Å². The van der Waals surface area contributed by atoms with Crippen molar-refractivity contribution < 1.29 is 43.4 Å². The first-order valence-electron chi connectivity index (χ1n) is 27.4. The van der Waals surface area contributed by atoms with Crippen LogP contribution in [0.2, 0.25) is 0 Å². The molecule has 2 saturated heterocycles. The number of rotatable bonds is 15. The Morgan fingerprint density at radius 2 is 1.44 bits per heavy atom. The number of carbonyl (C=O) groups is 7. The molecule has 19 nitrogen and oxygen atoms in total. The number of aromatic nitrogens is 3. The van der Waals surface area contributed by atoms with E-state index in [1.165, 1.54) is 35.7 Å². The van der Waals surface area contributed by atoms with E-state index in [9.17, 15) is 24.3 Å². The quantitative estimate of drug-likeness (QED) is 0.104. The summed E-state index contributed by atoms with van der Waals surface area (Å²) in [6.45, 7) is 17.5. The van der Waals surface area contributed by atoms with Crippen molar-refractivity contribution in [2.75, 3.05) is 33.9 Å². The summed E-state index contributed by atoms with van der Waals surface area (Å²) < 4.78 is 7.49. The predicted molar refractivity (Wildman–Crippen MR) is 293 cm³/mol. The average Bonchev–Trinajstić information content (AvgIpc) is 3.79. The van der Waals surface area contributed by atoms with Crippen molar-refractivity contribution in [2.24, 2.45) is 17.8 Å². The van der Waals surface area contributed by atoms with Gasteiger partial charge >= 0.3 is 6.01 Å². The van der Waals surface area contributed by atoms with Crippen LogP contribution in [0.4, 0.5) is 0 Å². The van der Waals surface area contributed by atoms with Gasteiger partial charge in [0.15, 0.2) is 0 Å². The summed E-state index contributed by atoms with van der Waals surface area (Å²) in [5.74, 6) is -3.97. The van der Waals surface area contributed by atoms with Crippen molar-refractivity contribution in [3.05, 3.63) is 78.6 Å². The first-order chi connectivity index (χ1) is 36.6. The molecule has 3 aliphatic rings. The molecule has 5 N–H and O–H groups in total. The minimum atomic E-state index is -1.29. The maximum Gasteiger partial charge on any atom is 0.316 e. The van der Waals surface area contributed by atoms with E-state index >= 15 is 14.4 Å². The van der Waals surface area contributed by atoms with E-state index in [1.54, 1.807) is 24.4 Å². The van der Waals surface area contributed by atoms with E-state index < -0.39 is 89.2 Å². The lowest BCUT2D eigenvalue weighted by Crippen LogP contribution is -2.62. The van der Waals surface area contributed by atoms with E-state index in [0.717, 1.165) is 35.7 Å². The summed E-state index contributed by atoms with van der Waals surface area (Å²) in [4.78, 5) is 117. The Morgan fingerprint density at radius 3 is 2.12 bits per heavy atom. The van der Waals surface area contributed by atoms with Crippen molar-refractivity contribution in [2.45, 2.75) is 161 Å². The number of hydrogen-bond donors (Lipinski definition) is 5. The highest BCUT2D eigenvalue weighted by molar-refractivity contribution is 5.99. The first kappa shape index (κ1) is 57.8. The zero-order valence-corrected chi connectivity index (χ0v) is 46.3. The molecule has 0 unspecified atom stereocenters. The Labute approximate surface area is 452 Å². The largest absolute Gasteiger partial charge is 0.461 e. The number of ether oxygens (including phenoxy) is 1. The van der Waals surface area contributed by atoms with Gasteiger partial charge in [-0.05, 0) is 100.0 Å². The van der Waals surface area contributed by atoms with Gasteiger partial charge in [-0.25, -0.2) is 4.98 Å². The molecule has 2 aromatic carbocycles. The van der Waals surface area contributed by atoms with Gasteiger partial charge in [-0.3, -0.25) is 33.6 Å². The van der Waals surface area contributed by atoms with Crippen LogP contribution < -0.4 is 26.0 Å². The molecule has 416 valence electrons. The highest BCUT2D eigenvalue weighted by Crippen LogP contribution is 2.33. The minimum absolute atomic E-state index is 0.0120. The lowest BCUT2D eigenvalue weighted by molar-refractivity contribution is -0.153. The second-order valence-corrected chi connectivity index (χ2v) is 22.8. The molecule has 7 rings (SSSR count). The second kappa shape index (κ2) is 25.1. The number of aliphatic hydroxyl groups excluding tert-OH is 1. The third-order valence-electron chi connectivity index (χ3n) is 15.6. The molecule has 2 bridgehead atoms. The summed E-state index contributed by atoms with van der Waals surface area (Å²) in [6, 6.07) is 5.28. The molecular formula is C58H80N10O9. The van der Waals surface area contributed by atoms with Crippen molar-refractivity contribution in [3.63, 3.8) is 0 Å². The Kier molecular flexibility index (Phi) is 18.8. The van der Waals surface area contributed by atoms with E-state index in [0.29, 0.717) is 35.7 Å². The monoisotopic (exact) mass is 1060 g/mol. The normalized spacial score (nSPS) is 24.1. The third-order valence-corrected chi connectivity index (χ3v) is 15.6. The molecule has 0 radical (unpaired) electrons. The van der Waals surface area contributed by atoms with E-state index in [4.69, 9.17) is 4.74 Å². The number of carbonyl (C=O) groups excluding carboxylic acids is 7. The summed E-state index contributed by atoms with van der Waals surface area (Å²) in [5.41, 5.74) is 2.26. The van der Waals surface area contributed by atoms with Crippen molar-refractivity contribution in [1.82, 2.24) is 50.5 Å². The predicted octanol–water partition coefficient (Wildman–Crippen LogP) is 4.56. The number of para-hydroxylation sites is 1. The maximum atomic E-state index is 15.5. The second-order valence-electron chi connectivity index (χ2n) is 22.8. The molecule has 0 spiro atoms. The Morgan fingerprint density at radius 1 is 0.779 bits per heavy atom. The molecule has 7 amide bonds. The molecule has 2 aliphatic heterocycles. The number of aliphatic hydroxyl groups is 1. The number of likely N-dealkylation sites (N-methyl/N-ethyl adjacent to an activating group) is 2. The Bertz CT molecular complexity index is 2820. The van der Waals surface area contributed by atoms with Gasteiger partial charge in [-0.15, -0.1) is 6.58 Å². The SMILES string of the molecule is C=CC(C)(C)n1cc(C[C@@H]2NC(=O)[C@H](CC3CCC3)NC(=O)[C@H](CC(C)C)N3CCC[C@@H](C3=O)N(C)C(=O)[C@H](C)NC(=O)[C@H](Cc3ccc4nc(OCCO)ncc4c3)NC(=O)[C@H](CC(C)C)N(C)C2=O)c2ccccc21. The zero-order chi connectivity index (χ0) is 55.9. The Balaban J connectivity index is 1.33. The molecule has 77 heavy (non-hydrogen) atoms. The van der Waals surface area contributed by atoms with Crippen LogP contribution in [0.3, 0.4) is 0 Å². The van der Waals surface area contributed by atoms with Crippen LogP contribution in [-0.4, -0.2) is 152 Å². The molecule has 7 atom stereocenters. The van der Waals surface area contributed by atoms with Gasteiger partial charge in [0.2, 0.25) is 41.4 Å². The number of nitrogens with zero attached hydrogens (tertiary/aromatic N) is 6. The van der Waals surface area contributed by atoms with Gasteiger partial charge in [0.25, 0.3) is 0 Å². The Hall–Kier alpha value is -6.89. The van der Waals surface area contributed by atoms with Gasteiger partial charge in [-0.2, -0.15) is 4.98 Å². The van der Waals surface area contributed by atoms with Gasteiger partial charge in [-0.1, -0.05) is 77.3 Å². The van der Waals surface area contributed by atoms with Crippen LogP contribution in [0, 0.1) is 17.8 Å². The van der Waals surface area contributed by atoms with Crippen LogP contribution in [0.25, 0.3) is 21.8 Å². The zero-order valence-electron chi connectivity index (χ0n) is 46.3. The molecule has 1 aliphatic carbocycles. The molecule has 2 aromatic heterocycles. The summed E-state index contributed by atoms with van der Waals surface area (Å²) >= 11 is 0. The highest BCUT2D eigenvalue weighted by atomic mass is 16.5. The molecule has 1 saturated carbocycles. The average molecular weight is 1060 g/mol. The van der Waals surface area contributed by atoms with E-state index in [-0.39, 0.29) is 69.2 Å². The minimum Gasteiger partial charge on any atom is -0.461 e. The number of nitrogens with one attached hydrogen (secondary N) is 4. The van der Waals surface area contributed by atoms with Gasteiger partial charge in [0, 0.05) is 62.2 Å². The standard InChI is InChI=1S/C58H80N10O9/c1-11-58(7,8)68-33-40(41-18-12-13-19-46(41)68)31-45-55(75)66(10)48(26-34(2)3)52(72)61-44(30-38-21-22-42-39(28-38)32-59-57(64-42)77-25-24-69)50(70)60-36(6)54(74)65(9)47-20-15-23-67(56(47)76)49(27-35(4)5)53(73)62-43(51(71)63-45)29-37-16-14-17-37/h11-13,18-19,21-22,28,32-37,43-45,47-49,69H,1,14-17,20,23-27,29-31H2,2-10H3,(H,60,70)(H,61,72)(H,62,73)(H,63,71)/t36-,43-,44-,45-,47-,48-,49-/m0/s1. The van der Waals surface area contributed by atoms with Crippen LogP contribution in [0.1, 0.15) is 111 Å². The fourth-order valence-electron chi connectivity index (χ4n) is 10.8. The van der Waals surface area contributed by atoms with Gasteiger partial charge in [0.05, 0.1) is 17.7 Å². The topological polar surface area (TPSA) is 237 Å². The maximum absolute atomic E-state index is 15.5. The van der Waals surface area contributed by atoms with Crippen LogP contribution in [0.5, 0.6) is 6.01 Å². The number of amides is 7.